The number of hydrogen-bond donors (Lipinski definition) is 1. The predicted molar refractivity (Wildman–Crippen MR) is 89.8 cm³/mol. The van der Waals surface area contributed by atoms with E-state index in [1.54, 1.807) is 12.1 Å². The molecule has 1 aromatic carbocycles. The zero-order valence-electron chi connectivity index (χ0n) is 13.5. The molecular weight excluding hydrogens is 325 g/mol. The second kappa shape index (κ2) is 7.38. The molecule has 7 heteroatoms. The van der Waals surface area contributed by atoms with Crippen LogP contribution in [0.3, 0.4) is 0 Å². The van der Waals surface area contributed by atoms with Gasteiger partial charge in [-0.2, -0.15) is 0 Å². The number of amides is 1. The van der Waals surface area contributed by atoms with Crippen molar-refractivity contribution in [3.63, 3.8) is 0 Å². The van der Waals surface area contributed by atoms with E-state index in [0.29, 0.717) is 0 Å². The first-order valence-electron chi connectivity index (χ1n) is 8.19. The van der Waals surface area contributed by atoms with Gasteiger partial charge in [0.2, 0.25) is 0 Å². The van der Waals surface area contributed by atoms with Gasteiger partial charge in [0.05, 0.1) is 11.1 Å². The van der Waals surface area contributed by atoms with Crippen LogP contribution < -0.4 is 5.32 Å². The van der Waals surface area contributed by atoms with Gasteiger partial charge in [-0.05, 0) is 42.9 Å². The molecule has 0 aliphatic heterocycles. The Morgan fingerprint density at radius 3 is 2.60 bits per heavy atom. The quantitative estimate of drug-likeness (QED) is 0.679. The van der Waals surface area contributed by atoms with Gasteiger partial charge in [0.1, 0.15) is 11.5 Å². The zero-order valence-corrected chi connectivity index (χ0v) is 13.5. The molecule has 0 unspecified atom stereocenters. The van der Waals surface area contributed by atoms with Crippen LogP contribution in [-0.2, 0) is 0 Å². The molecule has 6 nitrogen and oxygen atoms in total. The van der Waals surface area contributed by atoms with Gasteiger partial charge in [0, 0.05) is 18.2 Å². The van der Waals surface area contributed by atoms with E-state index >= 15 is 0 Å². The van der Waals surface area contributed by atoms with Crippen LogP contribution in [0.4, 0.5) is 10.1 Å². The number of carbonyl (C=O) groups is 1. The SMILES string of the molecule is O=C(N[C@H]1CCC[C@@H](c2ccc([N+](=O)[O-])cc2)C1)c1ccc(F)cn1. The van der Waals surface area contributed by atoms with Crippen molar-refractivity contribution < 1.29 is 14.1 Å². The minimum Gasteiger partial charge on any atom is -0.348 e. The predicted octanol–water partition coefficient (Wildman–Crippen LogP) is 3.59. The third-order valence-electron chi connectivity index (χ3n) is 4.54. The van der Waals surface area contributed by atoms with Gasteiger partial charge < -0.3 is 5.32 Å². The fraction of sp³-hybridized carbons (Fsp3) is 0.333. The van der Waals surface area contributed by atoms with Crippen LogP contribution in [0.5, 0.6) is 0 Å². The van der Waals surface area contributed by atoms with Crippen LogP contribution in [0.2, 0.25) is 0 Å². The molecule has 130 valence electrons. The van der Waals surface area contributed by atoms with Gasteiger partial charge in [0.25, 0.3) is 11.6 Å². The highest BCUT2D eigenvalue weighted by atomic mass is 19.1. The number of halogens is 1. The largest absolute Gasteiger partial charge is 0.348 e. The molecule has 2 atom stereocenters. The number of hydrogen-bond acceptors (Lipinski definition) is 4. The van der Waals surface area contributed by atoms with E-state index < -0.39 is 10.7 Å². The lowest BCUT2D eigenvalue weighted by molar-refractivity contribution is -0.384. The number of aromatic nitrogens is 1. The normalized spacial score (nSPS) is 20.0. The minimum atomic E-state index is -0.479. The Morgan fingerprint density at radius 2 is 1.96 bits per heavy atom. The van der Waals surface area contributed by atoms with Crippen LogP contribution in [-0.4, -0.2) is 21.9 Å². The van der Waals surface area contributed by atoms with E-state index in [0.717, 1.165) is 37.4 Å². The smallest absolute Gasteiger partial charge is 0.270 e. The van der Waals surface area contributed by atoms with Crippen LogP contribution in [0, 0.1) is 15.9 Å². The van der Waals surface area contributed by atoms with Crippen molar-refractivity contribution in [3.8, 4) is 0 Å². The van der Waals surface area contributed by atoms with Crippen molar-refractivity contribution in [2.75, 3.05) is 0 Å². The number of non-ortho nitro benzene ring substituents is 1. The average molecular weight is 343 g/mol. The third-order valence-corrected chi connectivity index (χ3v) is 4.54. The van der Waals surface area contributed by atoms with E-state index in [2.05, 4.69) is 10.3 Å². The summed E-state index contributed by atoms with van der Waals surface area (Å²) in [5.41, 5.74) is 1.31. The molecule has 2 aromatic rings. The van der Waals surface area contributed by atoms with Gasteiger partial charge in [-0.1, -0.05) is 18.6 Å². The molecule has 1 aromatic heterocycles. The number of rotatable bonds is 4. The number of nitrogens with zero attached hydrogens (tertiary/aromatic N) is 2. The standard InChI is InChI=1S/C18H18FN3O3/c19-14-6-9-17(20-11-14)18(23)21-15-3-1-2-13(10-15)12-4-7-16(8-5-12)22(24)25/h4-9,11,13,15H,1-3,10H2,(H,21,23)/t13-,15+/m1/s1. The van der Waals surface area contributed by atoms with Crippen molar-refractivity contribution in [2.45, 2.75) is 37.6 Å². The third kappa shape index (κ3) is 4.17. The van der Waals surface area contributed by atoms with Gasteiger partial charge in [0.15, 0.2) is 0 Å². The molecule has 1 aliphatic rings. The van der Waals surface area contributed by atoms with Crippen LogP contribution >= 0.6 is 0 Å². The summed E-state index contributed by atoms with van der Waals surface area (Å²) in [5, 5.41) is 13.7. The highest BCUT2D eigenvalue weighted by Crippen LogP contribution is 2.33. The Morgan fingerprint density at radius 1 is 1.20 bits per heavy atom. The van der Waals surface area contributed by atoms with E-state index in [4.69, 9.17) is 0 Å². The Hall–Kier alpha value is -2.83. The summed E-state index contributed by atoms with van der Waals surface area (Å²) in [6.07, 6.45) is 4.61. The maximum Gasteiger partial charge on any atom is 0.270 e. The molecule has 1 N–H and O–H groups in total. The highest BCUT2D eigenvalue weighted by Gasteiger charge is 2.25. The summed E-state index contributed by atoms with van der Waals surface area (Å²) in [4.78, 5) is 26.3. The Labute approximate surface area is 144 Å². The van der Waals surface area contributed by atoms with E-state index in [-0.39, 0.29) is 29.2 Å². The summed E-state index contributed by atoms with van der Waals surface area (Å²) in [5.74, 6) is -0.539. The summed E-state index contributed by atoms with van der Waals surface area (Å²) >= 11 is 0. The van der Waals surface area contributed by atoms with Gasteiger partial charge in [-0.15, -0.1) is 0 Å². The lowest BCUT2D eigenvalue weighted by Crippen LogP contribution is -2.38. The highest BCUT2D eigenvalue weighted by molar-refractivity contribution is 5.92. The number of carbonyl (C=O) groups excluding carboxylic acids is 1. The van der Waals surface area contributed by atoms with Crippen molar-refractivity contribution in [1.82, 2.24) is 10.3 Å². The van der Waals surface area contributed by atoms with Crippen LogP contribution in [0.15, 0.2) is 42.6 Å². The first kappa shape index (κ1) is 17.0. The first-order chi connectivity index (χ1) is 12.0. The van der Waals surface area contributed by atoms with E-state index in [1.165, 1.54) is 24.3 Å². The molecule has 0 bridgehead atoms. The second-order valence-electron chi connectivity index (χ2n) is 6.24. The van der Waals surface area contributed by atoms with E-state index in [1.807, 2.05) is 0 Å². The number of pyridine rings is 1. The summed E-state index contributed by atoms with van der Waals surface area (Å²) in [6, 6.07) is 9.18. The maximum atomic E-state index is 12.9. The molecule has 1 aliphatic carbocycles. The maximum absolute atomic E-state index is 12.9. The molecule has 1 heterocycles. The molecule has 0 saturated heterocycles. The fourth-order valence-corrected chi connectivity index (χ4v) is 3.26. The first-order valence-corrected chi connectivity index (χ1v) is 8.19. The number of benzene rings is 1. The number of nitro benzene ring substituents is 1. The molecule has 3 rings (SSSR count). The van der Waals surface area contributed by atoms with Gasteiger partial charge in [-0.3, -0.25) is 14.9 Å². The van der Waals surface area contributed by atoms with E-state index in [9.17, 15) is 19.3 Å². The fourth-order valence-electron chi connectivity index (χ4n) is 3.26. The van der Waals surface area contributed by atoms with Crippen LogP contribution in [0.25, 0.3) is 0 Å². The number of nitrogens with one attached hydrogen (secondary N) is 1. The van der Waals surface area contributed by atoms with Crippen LogP contribution in [0.1, 0.15) is 47.7 Å². The molecule has 1 amide bonds. The molecule has 25 heavy (non-hydrogen) atoms. The Kier molecular flexibility index (Phi) is 5.02. The lowest BCUT2D eigenvalue weighted by atomic mass is 9.81. The zero-order chi connectivity index (χ0) is 17.8. The van der Waals surface area contributed by atoms with Crippen molar-refractivity contribution in [3.05, 3.63) is 69.8 Å². The summed E-state index contributed by atoms with van der Waals surface area (Å²) in [6.45, 7) is 0. The average Bonchev–Trinajstić information content (AvgIpc) is 2.62. The summed E-state index contributed by atoms with van der Waals surface area (Å²) < 4.78 is 12.9. The minimum absolute atomic E-state index is 0.00768. The molecular formula is C18H18FN3O3. The van der Waals surface area contributed by atoms with Crippen molar-refractivity contribution >= 4 is 11.6 Å². The van der Waals surface area contributed by atoms with Crippen molar-refractivity contribution in [1.29, 1.82) is 0 Å². The number of nitro groups is 1. The summed E-state index contributed by atoms with van der Waals surface area (Å²) in [7, 11) is 0. The van der Waals surface area contributed by atoms with Crippen molar-refractivity contribution in [2.24, 2.45) is 0 Å². The Balaban J connectivity index is 1.63. The monoisotopic (exact) mass is 343 g/mol. The molecule has 0 spiro atoms. The topological polar surface area (TPSA) is 85.1 Å². The van der Waals surface area contributed by atoms with Gasteiger partial charge >= 0.3 is 0 Å². The second-order valence-corrected chi connectivity index (χ2v) is 6.24. The molecule has 0 radical (unpaired) electrons. The van der Waals surface area contributed by atoms with Gasteiger partial charge in [-0.25, -0.2) is 9.37 Å². The Bertz CT molecular complexity index is 762. The molecule has 1 saturated carbocycles. The lowest BCUT2D eigenvalue weighted by Gasteiger charge is -2.30. The molecule has 1 fully saturated rings.